The normalized spacial score (nSPS) is 12.3. The Morgan fingerprint density at radius 2 is 0.634 bits per heavy atom. The van der Waals surface area contributed by atoms with Gasteiger partial charge in [-0.3, -0.25) is 0 Å². The van der Waals surface area contributed by atoms with E-state index in [1.165, 1.54) is 49.9 Å². The van der Waals surface area contributed by atoms with Gasteiger partial charge in [0.15, 0.2) is 11.6 Å². The van der Waals surface area contributed by atoms with E-state index in [1.54, 1.807) is 0 Å². The molecule has 0 saturated heterocycles. The minimum Gasteiger partial charge on any atom is -0.311 e. The molecule has 0 fully saturated rings. The monoisotopic (exact) mass is 1290 g/mol. The number of fused-ring (bicyclic) bond motifs is 10. The molecule has 470 valence electrons. The van der Waals surface area contributed by atoms with E-state index < -0.39 is 0 Å². The highest BCUT2D eigenvalue weighted by molar-refractivity contribution is 7.00. The molecule has 0 aliphatic carbocycles. The maximum atomic E-state index is 5.76. The first-order valence-corrected chi connectivity index (χ1v) is 34.4. The number of aromatic nitrogens is 6. The van der Waals surface area contributed by atoms with Crippen LogP contribution < -0.4 is 26.2 Å². The first-order chi connectivity index (χ1) is 50.1. The summed E-state index contributed by atoms with van der Waals surface area (Å²) in [5, 5.41) is 4.67. The molecule has 2 aliphatic rings. The Morgan fingerprint density at radius 3 is 1.21 bits per heavy atom. The quantitative estimate of drug-likeness (QED) is 0.120. The summed E-state index contributed by atoms with van der Waals surface area (Å²) < 4.78 is 4.82. The van der Waals surface area contributed by atoms with E-state index in [2.05, 4.69) is 365 Å². The SMILES string of the molecule is c1ccc(-c2cc(-c3ccccc3)nc(-c3ccc(-n4c5ccccc5c5cc6c7ccccc7n(-c7ccccc7)c6cc54)c(-c4nc(-c5ccccc5)cc(-c5cccc(-c6ccc(N7c8ccccc8B8c9ccccc9N(c9ccccc9)c9cccc7c98)cc6)c5)n4)c3)n2)cc1. The van der Waals surface area contributed by atoms with Crippen molar-refractivity contribution in [3.05, 3.63) is 358 Å². The van der Waals surface area contributed by atoms with Crippen LogP contribution in [0.2, 0.25) is 0 Å². The summed E-state index contributed by atoms with van der Waals surface area (Å²) in [4.78, 5) is 27.1. The van der Waals surface area contributed by atoms with Gasteiger partial charge in [0.25, 0.3) is 6.71 Å². The van der Waals surface area contributed by atoms with Crippen LogP contribution in [0, 0.1) is 0 Å². The number of nitrogens with zero attached hydrogens (tertiary/aromatic N) is 8. The molecule has 2 aliphatic heterocycles. The highest BCUT2D eigenvalue weighted by Gasteiger charge is 2.43. The summed E-state index contributed by atoms with van der Waals surface area (Å²) >= 11 is 0. The fourth-order valence-electron chi connectivity index (χ4n) is 15.8. The smallest absolute Gasteiger partial charge is 0.252 e. The molecule has 14 aromatic carbocycles. The number of benzene rings is 14. The van der Waals surface area contributed by atoms with Gasteiger partial charge in [-0.15, -0.1) is 0 Å². The maximum absolute atomic E-state index is 5.76. The van der Waals surface area contributed by atoms with E-state index in [9.17, 15) is 0 Å². The van der Waals surface area contributed by atoms with Gasteiger partial charge < -0.3 is 18.9 Å². The van der Waals surface area contributed by atoms with Crippen molar-refractivity contribution in [3.63, 3.8) is 0 Å². The average molecular weight is 1290 g/mol. The molecule has 0 atom stereocenters. The van der Waals surface area contributed by atoms with Crippen molar-refractivity contribution >= 4 is 101 Å². The van der Waals surface area contributed by atoms with E-state index in [4.69, 9.17) is 19.9 Å². The molecular weight excluding hydrogens is 1230 g/mol. The van der Waals surface area contributed by atoms with Crippen LogP contribution in [-0.4, -0.2) is 35.8 Å². The van der Waals surface area contributed by atoms with Crippen LogP contribution in [-0.2, 0) is 0 Å². The fourth-order valence-corrected chi connectivity index (χ4v) is 15.8. The van der Waals surface area contributed by atoms with Gasteiger partial charge in [-0.2, -0.15) is 0 Å². The molecule has 8 nitrogen and oxygen atoms in total. The molecule has 6 heterocycles. The Hall–Kier alpha value is -13.5. The molecule has 101 heavy (non-hydrogen) atoms. The van der Waals surface area contributed by atoms with Gasteiger partial charge >= 0.3 is 0 Å². The van der Waals surface area contributed by atoms with Crippen molar-refractivity contribution in [2.45, 2.75) is 0 Å². The molecule has 0 saturated carbocycles. The van der Waals surface area contributed by atoms with Crippen LogP contribution in [0.15, 0.2) is 358 Å². The van der Waals surface area contributed by atoms with Gasteiger partial charge in [-0.1, -0.05) is 237 Å². The van der Waals surface area contributed by atoms with Gasteiger partial charge in [-0.25, -0.2) is 19.9 Å². The predicted molar refractivity (Wildman–Crippen MR) is 418 cm³/mol. The van der Waals surface area contributed by atoms with E-state index in [0.717, 1.165) is 123 Å². The molecule has 20 rings (SSSR count). The van der Waals surface area contributed by atoms with Crippen LogP contribution in [0.4, 0.5) is 34.1 Å². The zero-order valence-electron chi connectivity index (χ0n) is 54.7. The Labute approximate surface area is 584 Å². The number of rotatable bonds is 11. The summed E-state index contributed by atoms with van der Waals surface area (Å²) in [5.74, 6) is 1.15. The topological polar surface area (TPSA) is 67.9 Å². The molecule has 0 bridgehead atoms. The van der Waals surface area contributed by atoms with Crippen LogP contribution >= 0.6 is 0 Å². The molecule has 18 aromatic rings. The Balaban J connectivity index is 0.762. The maximum Gasteiger partial charge on any atom is 0.252 e. The van der Waals surface area contributed by atoms with Crippen LogP contribution in [0.25, 0.3) is 134 Å². The molecule has 0 radical (unpaired) electrons. The van der Waals surface area contributed by atoms with E-state index in [-0.39, 0.29) is 6.71 Å². The fraction of sp³-hybridized carbons (Fsp3) is 0. The number of anilines is 6. The number of hydrogen-bond donors (Lipinski definition) is 0. The second-order valence-corrected chi connectivity index (χ2v) is 26.1. The zero-order valence-corrected chi connectivity index (χ0v) is 54.7. The first kappa shape index (κ1) is 57.7. The minimum atomic E-state index is 0.0612. The molecule has 0 N–H and O–H groups in total. The third kappa shape index (κ3) is 9.61. The molecule has 9 heteroatoms. The second kappa shape index (κ2) is 23.7. The van der Waals surface area contributed by atoms with Crippen LogP contribution in [0.1, 0.15) is 0 Å². The van der Waals surface area contributed by atoms with Gasteiger partial charge in [0.1, 0.15) is 0 Å². The third-order valence-corrected chi connectivity index (χ3v) is 20.3. The lowest BCUT2D eigenvalue weighted by atomic mass is 9.33. The molecule has 0 spiro atoms. The number of para-hydroxylation sites is 6. The minimum absolute atomic E-state index is 0.0612. The van der Waals surface area contributed by atoms with E-state index in [1.807, 2.05) is 12.1 Å². The summed E-state index contributed by atoms with van der Waals surface area (Å²) in [6.07, 6.45) is 0. The Bertz CT molecular complexity index is 6220. The standard InChI is InChI=1S/C92H59BN8/c1-6-26-61(27-7-1)77-57-78(62-28-8-2-9-29-62)95-91(94-77)66-50-53-83(101-82-43-21-17-39-71(82)73-56-72-70-38-16-20-42-81(70)98(88(72)59-89(73)101)67-34-12-4-13-35-67)74(55-66)92-96-79(63-30-10-3-11-31-63)58-80(97-92)65-33-24-32-64(54-65)60-48-51-69(52-49-60)100-85-45-23-19-41-76(85)93-75-40-18-22-44-84(75)99(68-36-14-5-15-37-68)86-46-25-47-87(100)90(86)93/h1-59H. The van der Waals surface area contributed by atoms with Crippen molar-refractivity contribution in [2.75, 3.05) is 9.80 Å². The summed E-state index contributed by atoms with van der Waals surface area (Å²) in [5.41, 5.74) is 28.2. The highest BCUT2D eigenvalue weighted by atomic mass is 15.2. The largest absolute Gasteiger partial charge is 0.311 e. The summed E-state index contributed by atoms with van der Waals surface area (Å²) in [7, 11) is 0. The summed E-state index contributed by atoms with van der Waals surface area (Å²) in [6, 6.07) is 128. The van der Waals surface area contributed by atoms with Crippen molar-refractivity contribution in [2.24, 2.45) is 0 Å². The van der Waals surface area contributed by atoms with Crippen molar-refractivity contribution < 1.29 is 0 Å². The van der Waals surface area contributed by atoms with Crippen molar-refractivity contribution in [3.8, 4) is 90.3 Å². The lowest BCUT2D eigenvalue weighted by Crippen LogP contribution is -2.61. The molecule has 0 amide bonds. The Kier molecular flexibility index (Phi) is 13.5. The molecular formula is C92H59BN8. The molecule has 0 unspecified atom stereocenters. The van der Waals surface area contributed by atoms with Crippen LogP contribution in [0.3, 0.4) is 0 Å². The summed E-state index contributed by atoms with van der Waals surface area (Å²) in [6.45, 7) is 0.0612. The van der Waals surface area contributed by atoms with E-state index in [0.29, 0.717) is 11.6 Å². The second-order valence-electron chi connectivity index (χ2n) is 26.1. The van der Waals surface area contributed by atoms with Gasteiger partial charge in [-0.05, 0) is 149 Å². The average Bonchev–Trinajstić information content (AvgIpc) is 1.69. The lowest BCUT2D eigenvalue weighted by molar-refractivity contribution is 1.13. The number of hydrogen-bond acceptors (Lipinski definition) is 6. The zero-order chi connectivity index (χ0) is 66.5. The lowest BCUT2D eigenvalue weighted by Gasteiger charge is -2.44. The van der Waals surface area contributed by atoms with Gasteiger partial charge in [0.2, 0.25) is 0 Å². The van der Waals surface area contributed by atoms with Crippen molar-refractivity contribution in [1.29, 1.82) is 0 Å². The predicted octanol–water partition coefficient (Wildman–Crippen LogP) is 21.2. The molecule has 4 aromatic heterocycles. The van der Waals surface area contributed by atoms with Crippen molar-refractivity contribution in [1.82, 2.24) is 29.1 Å². The first-order valence-electron chi connectivity index (χ1n) is 34.4. The Morgan fingerprint density at radius 1 is 0.218 bits per heavy atom. The van der Waals surface area contributed by atoms with Gasteiger partial charge in [0.05, 0.1) is 50.5 Å². The van der Waals surface area contributed by atoms with E-state index >= 15 is 0 Å². The van der Waals surface area contributed by atoms with Crippen LogP contribution in [0.5, 0.6) is 0 Å². The third-order valence-electron chi connectivity index (χ3n) is 20.3. The van der Waals surface area contributed by atoms with Gasteiger partial charge in [0, 0.05) is 94.7 Å². The highest BCUT2D eigenvalue weighted by Crippen LogP contribution is 2.47.